The third-order valence-corrected chi connectivity index (χ3v) is 2.78. The number of benzene rings is 1. The van der Waals surface area contributed by atoms with Gasteiger partial charge in [0.15, 0.2) is 5.78 Å². The Bertz CT molecular complexity index is 515. The number of nitrogens with one attached hydrogen (secondary N) is 1. The number of hydrazone groups is 1. The second-order valence-electron chi connectivity index (χ2n) is 3.80. The van der Waals surface area contributed by atoms with Gasteiger partial charge in [-0.1, -0.05) is 23.7 Å². The van der Waals surface area contributed by atoms with Crippen molar-refractivity contribution in [3.63, 3.8) is 0 Å². The molecule has 0 amide bonds. The average Bonchev–Trinajstić information content (AvgIpc) is 3.15. The summed E-state index contributed by atoms with van der Waals surface area (Å²) >= 11 is 5.91. The molecular formula is C12H10ClN3O. The Morgan fingerprint density at radius 1 is 1.47 bits per heavy atom. The van der Waals surface area contributed by atoms with Crippen molar-refractivity contribution < 1.29 is 4.79 Å². The van der Waals surface area contributed by atoms with Crippen LogP contribution >= 0.6 is 11.6 Å². The van der Waals surface area contributed by atoms with E-state index in [1.54, 1.807) is 24.3 Å². The van der Waals surface area contributed by atoms with Crippen LogP contribution in [-0.2, 0) is 4.79 Å². The van der Waals surface area contributed by atoms with Gasteiger partial charge in [0.05, 0.1) is 10.7 Å². The van der Waals surface area contributed by atoms with Gasteiger partial charge in [0, 0.05) is 5.92 Å². The van der Waals surface area contributed by atoms with E-state index >= 15 is 0 Å². The molecule has 0 atom stereocenters. The van der Waals surface area contributed by atoms with Crippen molar-refractivity contribution in [2.75, 3.05) is 5.43 Å². The van der Waals surface area contributed by atoms with Gasteiger partial charge in [0.2, 0.25) is 5.71 Å². The molecule has 0 radical (unpaired) electrons. The number of hydrogen-bond donors (Lipinski definition) is 1. The third kappa shape index (κ3) is 2.83. The van der Waals surface area contributed by atoms with Crippen molar-refractivity contribution >= 4 is 28.8 Å². The molecule has 2 rings (SSSR count). The summed E-state index contributed by atoms with van der Waals surface area (Å²) in [5.74, 6) is -0.200. The van der Waals surface area contributed by atoms with Crippen LogP contribution in [0.3, 0.4) is 0 Å². The smallest absolute Gasteiger partial charge is 0.203 e. The summed E-state index contributed by atoms with van der Waals surface area (Å²) in [6, 6.07) is 8.81. The number of carbonyl (C=O) groups is 1. The maximum Gasteiger partial charge on any atom is 0.203 e. The minimum absolute atomic E-state index is 0.0126. The number of nitrogens with zero attached hydrogens (tertiary/aromatic N) is 2. The zero-order chi connectivity index (χ0) is 12.3. The Morgan fingerprint density at radius 3 is 2.76 bits per heavy atom. The first kappa shape index (κ1) is 11.6. The number of halogens is 1. The maximum atomic E-state index is 11.6. The van der Waals surface area contributed by atoms with Crippen molar-refractivity contribution in [1.82, 2.24) is 0 Å². The highest BCUT2D eigenvalue weighted by molar-refractivity contribution is 6.47. The van der Waals surface area contributed by atoms with Crippen molar-refractivity contribution in [3.05, 3.63) is 29.3 Å². The summed E-state index contributed by atoms with van der Waals surface area (Å²) in [7, 11) is 0. The Kier molecular flexibility index (Phi) is 3.40. The lowest BCUT2D eigenvalue weighted by Crippen LogP contribution is -2.15. The average molecular weight is 248 g/mol. The zero-order valence-corrected chi connectivity index (χ0v) is 9.74. The van der Waals surface area contributed by atoms with Gasteiger partial charge in [-0.25, -0.2) is 0 Å². The minimum Gasteiger partial charge on any atom is -0.291 e. The van der Waals surface area contributed by atoms with Crippen molar-refractivity contribution in [2.24, 2.45) is 11.0 Å². The fraction of sp³-hybridized carbons (Fsp3) is 0.250. The Hall–Kier alpha value is -1.86. The normalized spacial score (nSPS) is 15.2. The molecule has 5 heteroatoms. The van der Waals surface area contributed by atoms with Gasteiger partial charge in [0.1, 0.15) is 6.07 Å². The molecule has 0 bridgehead atoms. The number of hydrogen-bond acceptors (Lipinski definition) is 4. The van der Waals surface area contributed by atoms with Crippen LogP contribution in [0.4, 0.5) is 5.69 Å². The molecule has 1 aromatic rings. The molecule has 0 aromatic heterocycles. The standard InChI is InChI=1S/C12H10ClN3O/c13-9-3-1-2-4-10(9)15-16-11(7-14)12(17)8-5-6-8/h1-4,8,15H,5-6H2. The van der Waals surface area contributed by atoms with Gasteiger partial charge in [-0.3, -0.25) is 10.2 Å². The van der Waals surface area contributed by atoms with Gasteiger partial charge < -0.3 is 0 Å². The van der Waals surface area contributed by atoms with Gasteiger partial charge in [-0.15, -0.1) is 0 Å². The second-order valence-corrected chi connectivity index (χ2v) is 4.21. The van der Waals surface area contributed by atoms with Gasteiger partial charge in [-0.05, 0) is 25.0 Å². The molecule has 0 aliphatic heterocycles. The molecule has 1 aliphatic rings. The number of para-hydroxylation sites is 1. The van der Waals surface area contributed by atoms with E-state index in [1.165, 1.54) is 0 Å². The first-order valence-corrected chi connectivity index (χ1v) is 5.62. The molecule has 1 aromatic carbocycles. The predicted molar refractivity (Wildman–Crippen MR) is 65.9 cm³/mol. The molecule has 17 heavy (non-hydrogen) atoms. The van der Waals surface area contributed by atoms with Gasteiger partial charge >= 0.3 is 0 Å². The van der Waals surface area contributed by atoms with Gasteiger partial charge in [0.25, 0.3) is 0 Å². The number of carbonyl (C=O) groups excluding carboxylic acids is 1. The largest absolute Gasteiger partial charge is 0.291 e. The fourth-order valence-electron chi connectivity index (χ4n) is 1.34. The monoisotopic (exact) mass is 247 g/mol. The van der Waals surface area contributed by atoms with E-state index < -0.39 is 0 Å². The molecule has 0 saturated heterocycles. The van der Waals surface area contributed by atoms with E-state index in [0.717, 1.165) is 12.8 Å². The molecule has 86 valence electrons. The van der Waals surface area contributed by atoms with E-state index in [0.29, 0.717) is 10.7 Å². The van der Waals surface area contributed by atoms with Crippen LogP contribution in [0.5, 0.6) is 0 Å². The summed E-state index contributed by atoms with van der Waals surface area (Å²) in [6.07, 6.45) is 1.71. The highest BCUT2D eigenvalue weighted by Gasteiger charge is 2.33. The van der Waals surface area contributed by atoms with Crippen molar-refractivity contribution in [2.45, 2.75) is 12.8 Å². The molecule has 0 unspecified atom stereocenters. The first-order chi connectivity index (χ1) is 8.22. The number of rotatable bonds is 4. The molecular weight excluding hydrogens is 238 g/mol. The lowest BCUT2D eigenvalue weighted by atomic mass is 10.2. The molecule has 1 N–H and O–H groups in total. The van der Waals surface area contributed by atoms with E-state index in [-0.39, 0.29) is 17.4 Å². The molecule has 1 fully saturated rings. The van der Waals surface area contributed by atoms with Crippen LogP contribution in [0.15, 0.2) is 29.4 Å². The number of ketones is 1. The van der Waals surface area contributed by atoms with Crippen molar-refractivity contribution in [3.8, 4) is 6.07 Å². The van der Waals surface area contributed by atoms with Gasteiger partial charge in [-0.2, -0.15) is 10.4 Å². The van der Waals surface area contributed by atoms with Crippen molar-refractivity contribution in [1.29, 1.82) is 5.26 Å². The SMILES string of the molecule is N#CC(=NNc1ccccc1Cl)C(=O)C1CC1. The maximum absolute atomic E-state index is 11.6. The Balaban J connectivity index is 2.11. The van der Waals surface area contributed by atoms with E-state index in [9.17, 15) is 4.79 Å². The molecule has 0 heterocycles. The van der Waals surface area contributed by atoms with E-state index in [1.807, 2.05) is 6.07 Å². The topological polar surface area (TPSA) is 65.2 Å². The molecule has 0 spiro atoms. The van der Waals surface area contributed by atoms with Crippen LogP contribution in [0.2, 0.25) is 5.02 Å². The quantitative estimate of drug-likeness (QED) is 0.657. The van der Waals surface area contributed by atoms with E-state index in [2.05, 4.69) is 10.5 Å². The third-order valence-electron chi connectivity index (χ3n) is 2.45. The second kappa shape index (κ2) is 4.98. The summed E-state index contributed by atoms with van der Waals surface area (Å²) in [5.41, 5.74) is 3.12. The van der Waals surface area contributed by atoms with Crippen LogP contribution in [0.1, 0.15) is 12.8 Å². The Morgan fingerprint density at radius 2 is 2.18 bits per heavy atom. The Labute approximate surface area is 104 Å². The summed E-state index contributed by atoms with van der Waals surface area (Å²) in [5, 5.41) is 13.1. The summed E-state index contributed by atoms with van der Waals surface area (Å²) in [4.78, 5) is 11.6. The summed E-state index contributed by atoms with van der Waals surface area (Å²) in [6.45, 7) is 0. The molecule has 4 nitrogen and oxygen atoms in total. The van der Waals surface area contributed by atoms with E-state index in [4.69, 9.17) is 16.9 Å². The summed E-state index contributed by atoms with van der Waals surface area (Å²) < 4.78 is 0. The highest BCUT2D eigenvalue weighted by atomic mass is 35.5. The van der Waals surface area contributed by atoms with Crippen LogP contribution in [0.25, 0.3) is 0 Å². The lowest BCUT2D eigenvalue weighted by molar-refractivity contribution is -0.113. The minimum atomic E-state index is -0.188. The number of Topliss-reactive ketones (excluding diaryl/α,β-unsaturated/α-hetero) is 1. The highest BCUT2D eigenvalue weighted by Crippen LogP contribution is 2.30. The number of anilines is 1. The van der Waals surface area contributed by atoms with Crippen LogP contribution < -0.4 is 5.43 Å². The van der Waals surface area contributed by atoms with Crippen LogP contribution in [0, 0.1) is 17.2 Å². The lowest BCUT2D eigenvalue weighted by Gasteiger charge is -2.02. The predicted octanol–water partition coefficient (Wildman–Crippen LogP) is 2.61. The fourth-order valence-corrected chi connectivity index (χ4v) is 1.52. The van der Waals surface area contributed by atoms with Crippen LogP contribution in [-0.4, -0.2) is 11.5 Å². The molecule has 1 saturated carbocycles. The first-order valence-electron chi connectivity index (χ1n) is 5.25. The number of nitriles is 1. The molecule has 1 aliphatic carbocycles. The zero-order valence-electron chi connectivity index (χ0n) is 8.98.